The maximum Gasteiger partial charge on any atom is 0.278 e. The number of carbonyl (C=O) groups is 1. The SMILES string of the molecule is Cc1cnc(C(=O)Nc2cccc(C3(C)CCSC(N)=N3)c2)c(O)c1. The standard InChI is InChI=1S/C18H20N4O2S/c1-11-8-14(23)15(20-10-11)16(24)21-13-5-3-4-12(9-13)18(2)6-7-25-17(19)22-18/h3-5,8-10,23H,6-7H2,1-2H3,(H2,19,22)(H,21,24). The molecule has 6 nitrogen and oxygen atoms in total. The lowest BCUT2D eigenvalue weighted by atomic mass is 9.89. The van der Waals surface area contributed by atoms with Crippen molar-refractivity contribution in [2.75, 3.05) is 11.1 Å². The largest absolute Gasteiger partial charge is 0.505 e. The van der Waals surface area contributed by atoms with Crippen LogP contribution in [0.2, 0.25) is 0 Å². The van der Waals surface area contributed by atoms with Gasteiger partial charge in [0.15, 0.2) is 10.9 Å². The number of amidine groups is 1. The summed E-state index contributed by atoms with van der Waals surface area (Å²) in [7, 11) is 0. The van der Waals surface area contributed by atoms with Crippen LogP contribution in [0.4, 0.5) is 5.69 Å². The van der Waals surface area contributed by atoms with E-state index in [1.165, 1.54) is 6.07 Å². The molecule has 130 valence electrons. The predicted octanol–water partition coefficient (Wildman–Crippen LogP) is 3.01. The molecule has 1 amide bonds. The third-order valence-electron chi connectivity index (χ3n) is 4.16. The van der Waals surface area contributed by atoms with Crippen LogP contribution >= 0.6 is 11.8 Å². The number of pyridine rings is 1. The molecule has 0 spiro atoms. The number of anilines is 1. The smallest absolute Gasteiger partial charge is 0.278 e. The molecule has 0 radical (unpaired) electrons. The van der Waals surface area contributed by atoms with Crippen LogP contribution in [0, 0.1) is 6.92 Å². The van der Waals surface area contributed by atoms with Gasteiger partial charge in [-0.15, -0.1) is 0 Å². The molecule has 0 bridgehead atoms. The van der Waals surface area contributed by atoms with Gasteiger partial charge in [-0.1, -0.05) is 23.9 Å². The minimum absolute atomic E-state index is 0.00135. The molecule has 4 N–H and O–H groups in total. The summed E-state index contributed by atoms with van der Waals surface area (Å²) >= 11 is 1.55. The van der Waals surface area contributed by atoms with Crippen LogP contribution in [0.3, 0.4) is 0 Å². The number of aromatic hydroxyl groups is 1. The van der Waals surface area contributed by atoms with Gasteiger partial charge >= 0.3 is 0 Å². The molecule has 1 aromatic heterocycles. The Kier molecular flexibility index (Phi) is 4.67. The summed E-state index contributed by atoms with van der Waals surface area (Å²) in [6.07, 6.45) is 2.42. The van der Waals surface area contributed by atoms with Gasteiger partial charge < -0.3 is 16.2 Å². The quantitative estimate of drug-likeness (QED) is 0.785. The monoisotopic (exact) mass is 356 g/mol. The van der Waals surface area contributed by atoms with Crippen molar-refractivity contribution in [3.05, 3.63) is 53.3 Å². The van der Waals surface area contributed by atoms with Crippen LogP contribution in [0.5, 0.6) is 5.75 Å². The van der Waals surface area contributed by atoms with Gasteiger partial charge in [0.2, 0.25) is 0 Å². The molecule has 3 rings (SSSR count). The Morgan fingerprint density at radius 3 is 2.92 bits per heavy atom. The number of nitrogens with one attached hydrogen (secondary N) is 1. The number of aryl methyl sites for hydroxylation is 1. The highest BCUT2D eigenvalue weighted by atomic mass is 32.2. The Hall–Kier alpha value is -2.54. The number of nitrogens with zero attached hydrogens (tertiary/aromatic N) is 2. The summed E-state index contributed by atoms with van der Waals surface area (Å²) in [5, 5.41) is 13.3. The van der Waals surface area contributed by atoms with E-state index < -0.39 is 11.4 Å². The first-order valence-electron chi connectivity index (χ1n) is 7.93. The molecule has 0 saturated carbocycles. The Morgan fingerprint density at radius 2 is 2.20 bits per heavy atom. The molecule has 1 aliphatic rings. The number of hydrogen-bond acceptors (Lipinski definition) is 6. The lowest BCUT2D eigenvalue weighted by Gasteiger charge is -2.30. The van der Waals surface area contributed by atoms with Crippen LogP contribution in [0.25, 0.3) is 0 Å². The van der Waals surface area contributed by atoms with Crippen molar-refractivity contribution in [3.63, 3.8) is 0 Å². The number of benzene rings is 1. The molecule has 2 heterocycles. The lowest BCUT2D eigenvalue weighted by Crippen LogP contribution is -2.28. The number of amides is 1. The van der Waals surface area contributed by atoms with Crippen LogP contribution in [0.15, 0.2) is 41.5 Å². The molecular formula is C18H20N4O2S. The minimum atomic E-state index is -0.456. The second kappa shape index (κ2) is 6.76. The normalized spacial score (nSPS) is 20.0. The first kappa shape index (κ1) is 17.3. The third kappa shape index (κ3) is 3.76. The van der Waals surface area contributed by atoms with Crippen molar-refractivity contribution in [1.29, 1.82) is 0 Å². The predicted molar refractivity (Wildman–Crippen MR) is 101 cm³/mol. The van der Waals surface area contributed by atoms with E-state index in [4.69, 9.17) is 5.73 Å². The number of rotatable bonds is 3. The van der Waals surface area contributed by atoms with Gasteiger partial charge in [-0.2, -0.15) is 0 Å². The molecule has 1 atom stereocenters. The van der Waals surface area contributed by atoms with E-state index in [0.717, 1.165) is 23.3 Å². The van der Waals surface area contributed by atoms with Gasteiger partial charge in [0.1, 0.15) is 5.75 Å². The first-order valence-corrected chi connectivity index (χ1v) is 8.91. The molecule has 7 heteroatoms. The van der Waals surface area contributed by atoms with E-state index in [-0.39, 0.29) is 11.4 Å². The van der Waals surface area contributed by atoms with E-state index in [1.54, 1.807) is 30.9 Å². The van der Waals surface area contributed by atoms with E-state index in [2.05, 4.69) is 15.3 Å². The van der Waals surface area contributed by atoms with Crippen LogP contribution in [-0.2, 0) is 5.54 Å². The molecule has 0 aliphatic carbocycles. The Morgan fingerprint density at radius 1 is 1.40 bits per heavy atom. The summed E-state index contributed by atoms with van der Waals surface area (Å²) in [5.74, 6) is 0.313. The topological polar surface area (TPSA) is 101 Å². The van der Waals surface area contributed by atoms with Gasteiger partial charge in [0, 0.05) is 17.6 Å². The maximum atomic E-state index is 12.4. The summed E-state index contributed by atoms with van der Waals surface area (Å²) in [4.78, 5) is 21.0. The van der Waals surface area contributed by atoms with E-state index in [9.17, 15) is 9.90 Å². The zero-order valence-electron chi connectivity index (χ0n) is 14.1. The van der Waals surface area contributed by atoms with Crippen LogP contribution < -0.4 is 11.1 Å². The minimum Gasteiger partial charge on any atom is -0.505 e. The van der Waals surface area contributed by atoms with Crippen molar-refractivity contribution in [3.8, 4) is 5.75 Å². The summed E-state index contributed by atoms with van der Waals surface area (Å²) in [5.41, 5.74) is 7.87. The maximum absolute atomic E-state index is 12.4. The van der Waals surface area contributed by atoms with Crippen LogP contribution in [0.1, 0.15) is 35.0 Å². The highest BCUT2D eigenvalue weighted by molar-refractivity contribution is 8.13. The number of nitrogens with two attached hydrogens (primary N) is 1. The second-order valence-electron chi connectivity index (χ2n) is 6.24. The number of thioether (sulfide) groups is 1. The average Bonchev–Trinajstić information content (AvgIpc) is 2.54. The molecule has 25 heavy (non-hydrogen) atoms. The number of carbonyl (C=O) groups excluding carboxylic acids is 1. The van der Waals surface area contributed by atoms with Gasteiger partial charge in [0.05, 0.1) is 5.54 Å². The lowest BCUT2D eigenvalue weighted by molar-refractivity contribution is 0.101. The molecule has 0 saturated heterocycles. The molecule has 1 aliphatic heterocycles. The Bertz CT molecular complexity index is 853. The van der Waals surface area contributed by atoms with Crippen molar-refractivity contribution in [2.24, 2.45) is 10.7 Å². The van der Waals surface area contributed by atoms with Crippen molar-refractivity contribution >= 4 is 28.5 Å². The summed E-state index contributed by atoms with van der Waals surface area (Å²) < 4.78 is 0. The van der Waals surface area contributed by atoms with Gasteiger partial charge in [-0.3, -0.25) is 9.79 Å². The fourth-order valence-electron chi connectivity index (χ4n) is 2.75. The van der Waals surface area contributed by atoms with E-state index in [0.29, 0.717) is 10.9 Å². The fourth-order valence-corrected chi connectivity index (χ4v) is 3.72. The third-order valence-corrected chi connectivity index (χ3v) is 4.95. The van der Waals surface area contributed by atoms with Gasteiger partial charge in [-0.25, -0.2) is 4.98 Å². The highest BCUT2D eigenvalue weighted by Gasteiger charge is 2.29. The van der Waals surface area contributed by atoms with Crippen LogP contribution in [-0.4, -0.2) is 26.9 Å². The number of hydrogen-bond donors (Lipinski definition) is 3. The highest BCUT2D eigenvalue weighted by Crippen LogP contribution is 2.35. The summed E-state index contributed by atoms with van der Waals surface area (Å²) in [6.45, 7) is 3.83. The van der Waals surface area contributed by atoms with Crippen molar-refractivity contribution in [2.45, 2.75) is 25.8 Å². The van der Waals surface area contributed by atoms with Crippen molar-refractivity contribution < 1.29 is 9.90 Å². The van der Waals surface area contributed by atoms with Crippen molar-refractivity contribution in [1.82, 2.24) is 4.98 Å². The molecule has 1 aromatic carbocycles. The van der Waals surface area contributed by atoms with E-state index in [1.807, 2.05) is 25.1 Å². The Labute approximate surface area is 150 Å². The molecular weight excluding hydrogens is 336 g/mol. The average molecular weight is 356 g/mol. The van der Waals surface area contributed by atoms with Gasteiger partial charge in [0.25, 0.3) is 5.91 Å². The Balaban J connectivity index is 1.85. The molecule has 2 aromatic rings. The zero-order valence-corrected chi connectivity index (χ0v) is 14.9. The second-order valence-corrected chi connectivity index (χ2v) is 7.35. The number of aromatic nitrogens is 1. The molecule has 0 fully saturated rings. The van der Waals surface area contributed by atoms with E-state index >= 15 is 0 Å². The summed E-state index contributed by atoms with van der Waals surface area (Å²) in [6, 6.07) is 9.03. The first-order chi connectivity index (χ1) is 11.9. The molecule has 1 unspecified atom stereocenters. The number of aliphatic imine (C=N–C) groups is 1. The zero-order chi connectivity index (χ0) is 18.0. The van der Waals surface area contributed by atoms with Gasteiger partial charge in [-0.05, 0) is 49.6 Å². The fraction of sp³-hybridized carbons (Fsp3) is 0.278.